The van der Waals surface area contributed by atoms with Crippen molar-refractivity contribution in [2.75, 3.05) is 18.6 Å². The summed E-state index contributed by atoms with van der Waals surface area (Å²) in [5.41, 5.74) is 2.04. The smallest absolute Gasteiger partial charge is 0.414 e. The van der Waals surface area contributed by atoms with Gasteiger partial charge in [-0.3, -0.25) is 4.90 Å². The van der Waals surface area contributed by atoms with Crippen molar-refractivity contribution in [1.82, 2.24) is 10.3 Å². The van der Waals surface area contributed by atoms with Gasteiger partial charge in [0.2, 0.25) is 5.88 Å². The largest absolute Gasteiger partial charge is 0.481 e. The first-order chi connectivity index (χ1) is 15.0. The average Bonchev–Trinajstić information content (AvgIpc) is 2.79. The lowest BCUT2D eigenvalue weighted by Crippen LogP contribution is -2.48. The van der Waals surface area contributed by atoms with Gasteiger partial charge in [-0.05, 0) is 38.3 Å². The summed E-state index contributed by atoms with van der Waals surface area (Å²) in [6.45, 7) is 5.86. The molecule has 1 aromatic heterocycles. The zero-order chi connectivity index (χ0) is 22.4. The fraction of sp³-hybridized carbons (Fsp3) is 0.435. The summed E-state index contributed by atoms with van der Waals surface area (Å²) < 4.78 is 16.1. The molecule has 0 radical (unpaired) electrons. The number of ether oxygens (including phenoxy) is 3. The van der Waals surface area contributed by atoms with Gasteiger partial charge >= 0.3 is 12.2 Å². The van der Waals surface area contributed by atoms with Crippen LogP contribution < -0.4 is 15.0 Å². The molecule has 2 heterocycles. The molecule has 2 aromatic rings. The summed E-state index contributed by atoms with van der Waals surface area (Å²) in [6, 6.07) is 12.4. The second kappa shape index (κ2) is 10.1. The van der Waals surface area contributed by atoms with Crippen LogP contribution in [-0.2, 0) is 9.47 Å². The molecular formula is C23H29N3O5. The third-order valence-corrected chi connectivity index (χ3v) is 5.33. The highest BCUT2D eigenvalue weighted by atomic mass is 16.6. The number of benzene rings is 1. The third kappa shape index (κ3) is 5.07. The van der Waals surface area contributed by atoms with Gasteiger partial charge in [0.25, 0.3) is 0 Å². The van der Waals surface area contributed by atoms with Gasteiger partial charge < -0.3 is 19.5 Å². The highest BCUT2D eigenvalue weighted by Crippen LogP contribution is 2.38. The van der Waals surface area contributed by atoms with Crippen LogP contribution in [0.1, 0.15) is 57.0 Å². The number of nitrogens with one attached hydrogen (secondary N) is 1. The molecular weight excluding hydrogens is 398 g/mol. The summed E-state index contributed by atoms with van der Waals surface area (Å²) in [5, 5.41) is 2.92. The number of carbonyl (C=O) groups excluding carboxylic acids is 2. The summed E-state index contributed by atoms with van der Waals surface area (Å²) in [5.74, 6) is 0.398. The number of aromatic nitrogens is 1. The predicted octanol–water partition coefficient (Wildman–Crippen LogP) is 4.76. The van der Waals surface area contributed by atoms with Crippen molar-refractivity contribution in [3.63, 3.8) is 0 Å². The number of alkyl carbamates (subject to hydrolysis) is 1. The number of pyridine rings is 1. The Balaban J connectivity index is 1.85. The van der Waals surface area contributed by atoms with Crippen LogP contribution in [0, 0.1) is 0 Å². The number of methoxy groups -OCH3 is 1. The van der Waals surface area contributed by atoms with Crippen LogP contribution in [0.4, 0.5) is 15.3 Å². The number of carbonyl (C=O) groups is 2. The Morgan fingerprint density at radius 3 is 2.58 bits per heavy atom. The van der Waals surface area contributed by atoms with Crippen LogP contribution >= 0.6 is 0 Å². The van der Waals surface area contributed by atoms with E-state index in [1.54, 1.807) is 24.0 Å². The molecule has 8 nitrogen and oxygen atoms in total. The van der Waals surface area contributed by atoms with Gasteiger partial charge in [-0.15, -0.1) is 0 Å². The number of anilines is 1. The minimum atomic E-state index is -0.545. The van der Waals surface area contributed by atoms with E-state index in [0.29, 0.717) is 30.1 Å². The highest BCUT2D eigenvalue weighted by Gasteiger charge is 2.38. The van der Waals surface area contributed by atoms with E-state index in [2.05, 4.69) is 10.3 Å². The summed E-state index contributed by atoms with van der Waals surface area (Å²) in [6.07, 6.45) is -0.201. The maximum atomic E-state index is 12.7. The summed E-state index contributed by atoms with van der Waals surface area (Å²) in [7, 11) is 1.52. The number of hydrogen-bond acceptors (Lipinski definition) is 6. The second-order valence-corrected chi connectivity index (χ2v) is 7.28. The molecule has 1 aliphatic rings. The molecule has 1 aromatic carbocycles. The molecule has 2 unspecified atom stereocenters. The van der Waals surface area contributed by atoms with Gasteiger partial charge in [-0.2, -0.15) is 0 Å². The van der Waals surface area contributed by atoms with E-state index in [0.717, 1.165) is 5.56 Å². The number of nitrogens with zero attached hydrogens (tertiary/aromatic N) is 2. The Morgan fingerprint density at radius 1 is 1.19 bits per heavy atom. The zero-order valence-corrected chi connectivity index (χ0v) is 18.3. The van der Waals surface area contributed by atoms with Crippen molar-refractivity contribution in [1.29, 1.82) is 0 Å². The number of amides is 2. The van der Waals surface area contributed by atoms with E-state index in [1.807, 2.05) is 44.2 Å². The van der Waals surface area contributed by atoms with Crippen molar-refractivity contribution < 1.29 is 23.8 Å². The molecule has 3 rings (SSSR count). The van der Waals surface area contributed by atoms with E-state index in [-0.39, 0.29) is 12.6 Å². The van der Waals surface area contributed by atoms with Gasteiger partial charge in [-0.1, -0.05) is 37.3 Å². The standard InChI is InChI=1S/C23H29N3O5/c1-5-17-14-18(24-22(27)31-15(3)16-10-8-7-9-11-16)21-19(12-13-20(25-21)29-4)26(17)23(28)30-6-2/h7-13,15,17-18H,5-6,14H2,1-4H3,(H,24,27)/t15-,17?,18?/m0/s1. The Hall–Kier alpha value is -3.29. The fourth-order valence-corrected chi connectivity index (χ4v) is 3.75. The SMILES string of the molecule is CCOC(=O)N1c2ccc(OC)nc2C(NC(=O)O[C@@H](C)c2ccccc2)CC1CC. The number of fused-ring (bicyclic) bond motifs is 1. The van der Waals surface area contributed by atoms with Gasteiger partial charge in [0, 0.05) is 12.1 Å². The van der Waals surface area contributed by atoms with Gasteiger partial charge in [-0.25, -0.2) is 14.6 Å². The predicted molar refractivity (Wildman–Crippen MR) is 116 cm³/mol. The molecule has 0 fully saturated rings. The number of rotatable bonds is 6. The zero-order valence-electron chi connectivity index (χ0n) is 18.3. The summed E-state index contributed by atoms with van der Waals surface area (Å²) >= 11 is 0. The summed E-state index contributed by atoms with van der Waals surface area (Å²) in [4.78, 5) is 31.5. The quantitative estimate of drug-likeness (QED) is 0.715. The normalized spacial score (nSPS) is 18.5. The van der Waals surface area contributed by atoms with E-state index in [1.165, 1.54) is 7.11 Å². The molecule has 8 heteroatoms. The maximum absolute atomic E-state index is 12.7. The number of hydrogen-bond donors (Lipinski definition) is 1. The molecule has 166 valence electrons. The molecule has 0 spiro atoms. The van der Waals surface area contributed by atoms with Gasteiger partial charge in [0.05, 0.1) is 31.1 Å². The molecule has 31 heavy (non-hydrogen) atoms. The van der Waals surface area contributed by atoms with Crippen molar-refractivity contribution in [3.05, 3.63) is 53.7 Å². The van der Waals surface area contributed by atoms with Gasteiger partial charge in [0.1, 0.15) is 6.10 Å². The average molecular weight is 428 g/mol. The minimum Gasteiger partial charge on any atom is -0.481 e. The molecule has 1 N–H and O–H groups in total. The van der Waals surface area contributed by atoms with E-state index in [4.69, 9.17) is 14.2 Å². The topological polar surface area (TPSA) is 90.0 Å². The molecule has 1 aliphatic heterocycles. The molecule has 0 bridgehead atoms. The minimum absolute atomic E-state index is 0.154. The maximum Gasteiger partial charge on any atom is 0.414 e. The fourth-order valence-electron chi connectivity index (χ4n) is 3.75. The van der Waals surface area contributed by atoms with E-state index >= 15 is 0 Å². The van der Waals surface area contributed by atoms with Crippen LogP contribution in [0.2, 0.25) is 0 Å². The first-order valence-corrected chi connectivity index (χ1v) is 10.5. The lowest BCUT2D eigenvalue weighted by molar-refractivity contribution is 0.102. The lowest BCUT2D eigenvalue weighted by Gasteiger charge is -2.39. The van der Waals surface area contributed by atoms with Crippen LogP contribution in [0.15, 0.2) is 42.5 Å². The first kappa shape index (κ1) is 22.4. The Labute approximate surface area is 182 Å². The second-order valence-electron chi connectivity index (χ2n) is 7.28. The van der Waals surface area contributed by atoms with E-state index < -0.39 is 24.3 Å². The van der Waals surface area contributed by atoms with Crippen molar-refractivity contribution in [2.45, 2.75) is 51.8 Å². The molecule has 2 amide bonds. The highest BCUT2D eigenvalue weighted by molar-refractivity contribution is 5.90. The molecule has 0 saturated carbocycles. The third-order valence-electron chi connectivity index (χ3n) is 5.33. The monoisotopic (exact) mass is 427 g/mol. The van der Waals surface area contributed by atoms with Crippen molar-refractivity contribution >= 4 is 17.9 Å². The van der Waals surface area contributed by atoms with Gasteiger partial charge in [0.15, 0.2) is 0 Å². The van der Waals surface area contributed by atoms with Crippen LogP contribution in [0.25, 0.3) is 0 Å². The first-order valence-electron chi connectivity index (χ1n) is 10.5. The Kier molecular flexibility index (Phi) is 7.33. The molecule has 3 atom stereocenters. The van der Waals surface area contributed by atoms with E-state index in [9.17, 15) is 9.59 Å². The Bertz CT molecular complexity index is 905. The van der Waals surface area contributed by atoms with Crippen LogP contribution in [0.3, 0.4) is 0 Å². The Morgan fingerprint density at radius 2 is 1.94 bits per heavy atom. The van der Waals surface area contributed by atoms with Crippen molar-refractivity contribution in [2.24, 2.45) is 0 Å². The lowest BCUT2D eigenvalue weighted by atomic mass is 9.93. The molecule has 0 saturated heterocycles. The van der Waals surface area contributed by atoms with Crippen molar-refractivity contribution in [3.8, 4) is 5.88 Å². The van der Waals surface area contributed by atoms with Crippen LogP contribution in [-0.4, -0.2) is 36.9 Å². The van der Waals surface area contributed by atoms with Crippen LogP contribution in [0.5, 0.6) is 5.88 Å². The molecule has 0 aliphatic carbocycles.